The molecule has 1 atom stereocenters. The molecule has 3 rings (SSSR count). The van der Waals surface area contributed by atoms with E-state index in [-0.39, 0.29) is 18.2 Å². The number of H-pyrrole nitrogens is 1. The van der Waals surface area contributed by atoms with E-state index in [9.17, 15) is 14.1 Å². The molecule has 2 aromatic heterocycles. The van der Waals surface area contributed by atoms with Crippen LogP contribution in [0.15, 0.2) is 24.3 Å². The first kappa shape index (κ1) is 24.9. The molecule has 0 aliphatic rings. The van der Waals surface area contributed by atoms with Crippen molar-refractivity contribution in [1.82, 2.24) is 14.8 Å². The van der Waals surface area contributed by atoms with Crippen molar-refractivity contribution in [3.63, 3.8) is 0 Å². The number of hydrogen-bond acceptors (Lipinski definition) is 6. The van der Waals surface area contributed by atoms with Crippen molar-refractivity contribution in [2.45, 2.75) is 58.8 Å². The number of carbonyl (C=O) groups is 2. The Hall–Kier alpha value is -2.78. The van der Waals surface area contributed by atoms with Gasteiger partial charge in [-0.1, -0.05) is 49.3 Å². The maximum Gasteiger partial charge on any atom is 0.419 e. The molecule has 2 heterocycles. The number of fused-ring (bicyclic) bond motifs is 1. The van der Waals surface area contributed by atoms with Crippen molar-refractivity contribution in [3.05, 3.63) is 41.2 Å². The molecule has 1 N–H and O–H groups in total. The highest BCUT2D eigenvalue weighted by atomic mass is 32.2. The first-order valence-electron chi connectivity index (χ1n) is 10.9. The zero-order valence-electron chi connectivity index (χ0n) is 20.1. The van der Waals surface area contributed by atoms with Gasteiger partial charge < -0.3 is 14.0 Å². The van der Waals surface area contributed by atoms with Gasteiger partial charge in [0.25, 0.3) is 0 Å². The molecule has 0 aliphatic carbocycles. The van der Waals surface area contributed by atoms with Crippen LogP contribution in [-0.2, 0) is 26.4 Å². The highest BCUT2D eigenvalue weighted by Gasteiger charge is 2.34. The number of nitrogens with zero attached hydrogens (tertiary/aromatic N) is 2. The molecule has 0 spiro atoms. The number of aromatic nitrogens is 3. The summed E-state index contributed by atoms with van der Waals surface area (Å²) < 4.78 is 23.9. The van der Waals surface area contributed by atoms with E-state index in [1.807, 2.05) is 38.1 Å². The Morgan fingerprint density at radius 2 is 1.85 bits per heavy atom. The summed E-state index contributed by atoms with van der Waals surface area (Å²) in [5.41, 5.74) is 3.14. The van der Waals surface area contributed by atoms with Crippen molar-refractivity contribution in [1.29, 1.82) is 0 Å². The van der Waals surface area contributed by atoms with Crippen molar-refractivity contribution < 1.29 is 23.6 Å². The molecule has 0 aliphatic heterocycles. The fourth-order valence-electron chi connectivity index (χ4n) is 3.66. The third-order valence-corrected chi connectivity index (χ3v) is 5.65. The number of nitrogens with one attached hydrogen (secondary N) is 1. The van der Waals surface area contributed by atoms with E-state index in [1.54, 1.807) is 34.0 Å². The molecule has 3 aromatic rings. The molecule has 33 heavy (non-hydrogen) atoms. The minimum absolute atomic E-state index is 0.0142. The average molecular weight is 474 g/mol. The van der Waals surface area contributed by atoms with Crippen molar-refractivity contribution in [2.24, 2.45) is 0 Å². The number of esters is 1. The maximum atomic E-state index is 13.4. The van der Waals surface area contributed by atoms with E-state index in [2.05, 4.69) is 10.2 Å². The Bertz CT molecular complexity index is 1150. The number of aromatic amines is 1. The third kappa shape index (κ3) is 5.25. The van der Waals surface area contributed by atoms with Crippen LogP contribution in [0, 0.1) is 0 Å². The normalized spacial score (nSPS) is 12.9. The fourth-order valence-corrected chi connectivity index (χ4v) is 4.32. The van der Waals surface area contributed by atoms with E-state index in [0.29, 0.717) is 33.6 Å². The molecular weight excluding hydrogens is 442 g/mol. The Morgan fingerprint density at radius 1 is 1.21 bits per heavy atom. The highest BCUT2D eigenvalue weighted by Crippen LogP contribution is 2.38. The minimum atomic E-state index is -0.974. The predicted molar refractivity (Wildman–Crippen MR) is 129 cm³/mol. The van der Waals surface area contributed by atoms with E-state index in [1.165, 1.54) is 4.57 Å². The second kappa shape index (κ2) is 9.61. The second-order valence-electron chi connectivity index (χ2n) is 9.16. The Kier molecular flexibility index (Phi) is 7.23. The van der Waals surface area contributed by atoms with Crippen LogP contribution in [0.3, 0.4) is 0 Å². The summed E-state index contributed by atoms with van der Waals surface area (Å²) >= 11 is -0.974. The number of benzene rings is 1. The first-order valence-corrected chi connectivity index (χ1v) is 12.6. The van der Waals surface area contributed by atoms with Gasteiger partial charge in [-0.3, -0.25) is 5.10 Å². The van der Waals surface area contributed by atoms with Crippen LogP contribution in [0.2, 0.25) is 0 Å². The third-order valence-electron chi connectivity index (χ3n) is 4.91. The van der Waals surface area contributed by atoms with Gasteiger partial charge >= 0.3 is 12.1 Å². The van der Waals surface area contributed by atoms with E-state index >= 15 is 0 Å². The standard InChI is InChI=1S/C24H31N3O5S/c1-8-31-22(28)20-17(16-11-9-15(10-12-16)13-33(7)30)19-21(18(14(2)3)25-26-19)27(20)23(29)32-24(4,5)6/h9-12,14H,8,13H2,1-7H3,(H,25,26). The van der Waals surface area contributed by atoms with Crippen LogP contribution in [0.5, 0.6) is 0 Å². The van der Waals surface area contributed by atoms with Gasteiger partial charge in [-0.05, 0) is 39.2 Å². The molecule has 1 aromatic carbocycles. The fraction of sp³-hybridized carbons (Fsp3) is 0.458. The van der Waals surface area contributed by atoms with Gasteiger partial charge in [-0.25, -0.2) is 14.2 Å². The predicted octanol–water partition coefficient (Wildman–Crippen LogP) is 4.99. The average Bonchev–Trinajstić information content (AvgIpc) is 3.24. The molecule has 0 radical (unpaired) electrons. The minimum Gasteiger partial charge on any atom is -0.616 e. The SMILES string of the molecule is CCOC(=O)c1c(-c2ccc(C[S+](C)[O-])cc2)c2[nH]nc(C(C)C)c2n1C(=O)OC(C)(C)C. The molecule has 0 amide bonds. The lowest BCUT2D eigenvalue weighted by atomic mass is 10.0. The molecule has 8 nitrogen and oxygen atoms in total. The van der Waals surface area contributed by atoms with Crippen molar-refractivity contribution >= 4 is 34.3 Å². The van der Waals surface area contributed by atoms with Gasteiger partial charge in [0.2, 0.25) is 0 Å². The molecule has 9 heteroatoms. The number of carbonyl (C=O) groups excluding carboxylic acids is 2. The van der Waals surface area contributed by atoms with Crippen LogP contribution in [0.4, 0.5) is 4.79 Å². The van der Waals surface area contributed by atoms with Gasteiger partial charge in [0.05, 0.1) is 24.1 Å². The largest absolute Gasteiger partial charge is 0.616 e. The summed E-state index contributed by atoms with van der Waals surface area (Å²) in [5, 5.41) is 7.46. The van der Waals surface area contributed by atoms with Crippen LogP contribution < -0.4 is 0 Å². The molecule has 1 unspecified atom stereocenters. The lowest BCUT2D eigenvalue weighted by Gasteiger charge is -2.21. The Labute approximate surface area is 196 Å². The van der Waals surface area contributed by atoms with Gasteiger partial charge in [-0.15, -0.1) is 0 Å². The van der Waals surface area contributed by atoms with Crippen LogP contribution in [0.25, 0.3) is 22.2 Å². The van der Waals surface area contributed by atoms with Crippen molar-refractivity contribution in [3.8, 4) is 11.1 Å². The van der Waals surface area contributed by atoms with Crippen LogP contribution >= 0.6 is 0 Å². The van der Waals surface area contributed by atoms with Gasteiger partial charge in [-0.2, -0.15) is 5.10 Å². The summed E-state index contributed by atoms with van der Waals surface area (Å²) in [4.78, 5) is 26.5. The zero-order chi connectivity index (χ0) is 24.5. The summed E-state index contributed by atoms with van der Waals surface area (Å²) in [6.07, 6.45) is 0.970. The monoisotopic (exact) mass is 473 g/mol. The number of hydrogen-bond donors (Lipinski definition) is 1. The van der Waals surface area contributed by atoms with Gasteiger partial charge in [0, 0.05) is 11.1 Å². The Balaban J connectivity index is 2.33. The smallest absolute Gasteiger partial charge is 0.419 e. The molecule has 178 valence electrons. The van der Waals surface area contributed by atoms with Gasteiger partial charge in [0.15, 0.2) is 0 Å². The molecule has 0 saturated heterocycles. The number of ether oxygens (including phenoxy) is 2. The van der Waals surface area contributed by atoms with Crippen LogP contribution in [-0.4, -0.2) is 49.8 Å². The zero-order valence-corrected chi connectivity index (χ0v) is 21.0. The molecule has 0 saturated carbocycles. The second-order valence-corrected chi connectivity index (χ2v) is 10.6. The summed E-state index contributed by atoms with van der Waals surface area (Å²) in [7, 11) is 0. The molecular formula is C24H31N3O5S. The first-order chi connectivity index (χ1) is 15.4. The lowest BCUT2D eigenvalue weighted by Crippen LogP contribution is -2.29. The van der Waals surface area contributed by atoms with E-state index < -0.39 is 28.8 Å². The summed E-state index contributed by atoms with van der Waals surface area (Å²) in [5.74, 6) is -0.211. The number of rotatable bonds is 6. The molecule has 0 bridgehead atoms. The highest BCUT2D eigenvalue weighted by molar-refractivity contribution is 7.89. The van der Waals surface area contributed by atoms with E-state index in [4.69, 9.17) is 9.47 Å². The maximum absolute atomic E-state index is 13.4. The van der Waals surface area contributed by atoms with Crippen LogP contribution in [0.1, 0.15) is 69.2 Å². The topological polar surface area (TPSA) is 109 Å². The van der Waals surface area contributed by atoms with Crippen molar-refractivity contribution in [2.75, 3.05) is 12.9 Å². The summed E-state index contributed by atoms with van der Waals surface area (Å²) in [6.45, 7) is 11.1. The molecule has 0 fully saturated rings. The quantitative estimate of drug-likeness (QED) is 0.399. The lowest BCUT2D eigenvalue weighted by molar-refractivity contribution is 0.0454. The van der Waals surface area contributed by atoms with Gasteiger partial charge in [0.1, 0.15) is 22.6 Å². The summed E-state index contributed by atoms with van der Waals surface area (Å²) in [6, 6.07) is 7.41. The van der Waals surface area contributed by atoms with E-state index in [0.717, 1.165) is 5.56 Å². The Morgan fingerprint density at radius 3 is 2.36 bits per heavy atom.